The first-order chi connectivity index (χ1) is 7.22. The van der Waals surface area contributed by atoms with Crippen LogP contribution in [0.2, 0.25) is 0 Å². The van der Waals surface area contributed by atoms with E-state index in [2.05, 4.69) is 27.0 Å². The van der Waals surface area contributed by atoms with Gasteiger partial charge in [-0.2, -0.15) is 5.26 Å². The maximum Gasteiger partial charge on any atom is 0.155 e. The number of halogens is 1. The molecule has 0 amide bonds. The molecule has 1 heterocycles. The normalized spacial score (nSPS) is 9.93. The van der Waals surface area contributed by atoms with E-state index in [1.54, 1.807) is 11.3 Å². The summed E-state index contributed by atoms with van der Waals surface area (Å²) in [6, 6.07) is 9.97. The van der Waals surface area contributed by atoms with Crippen LogP contribution in [0, 0.1) is 18.3 Å². The summed E-state index contributed by atoms with van der Waals surface area (Å²) in [6.45, 7) is 1.91. The summed E-state index contributed by atoms with van der Waals surface area (Å²) in [6.07, 6.45) is 0. The van der Waals surface area contributed by atoms with Gasteiger partial charge in [-0.25, -0.2) is 4.98 Å². The highest BCUT2D eigenvalue weighted by Gasteiger charge is 2.10. The molecule has 0 unspecified atom stereocenters. The van der Waals surface area contributed by atoms with Crippen molar-refractivity contribution in [1.29, 1.82) is 5.26 Å². The van der Waals surface area contributed by atoms with Crippen LogP contribution in [0.4, 0.5) is 0 Å². The third-order valence-electron chi connectivity index (χ3n) is 2.01. The number of nitrogens with zero attached hydrogens (tertiary/aromatic N) is 2. The van der Waals surface area contributed by atoms with Gasteiger partial charge in [0.25, 0.3) is 0 Å². The number of thiazole rings is 1. The second-order valence-electron chi connectivity index (χ2n) is 3.02. The number of aryl methyl sites for hydroxylation is 1. The lowest BCUT2D eigenvalue weighted by Crippen LogP contribution is -1.79. The fraction of sp³-hybridized carbons (Fsp3) is 0.0909. The van der Waals surface area contributed by atoms with Crippen LogP contribution in [-0.4, -0.2) is 4.98 Å². The van der Waals surface area contributed by atoms with Crippen LogP contribution >= 0.6 is 27.3 Å². The summed E-state index contributed by atoms with van der Waals surface area (Å²) in [7, 11) is 0. The molecule has 0 aliphatic carbocycles. The predicted octanol–water partition coefficient (Wildman–Crippen LogP) is 3.75. The van der Waals surface area contributed by atoms with E-state index < -0.39 is 0 Å². The first-order valence-corrected chi connectivity index (χ1v) is 5.95. The van der Waals surface area contributed by atoms with Crippen molar-refractivity contribution in [2.24, 2.45) is 0 Å². The van der Waals surface area contributed by atoms with Gasteiger partial charge in [-0.3, -0.25) is 0 Å². The number of benzene rings is 1. The predicted molar refractivity (Wildman–Crippen MR) is 64.7 cm³/mol. The molecule has 15 heavy (non-hydrogen) atoms. The first-order valence-electron chi connectivity index (χ1n) is 4.35. The summed E-state index contributed by atoms with van der Waals surface area (Å²) in [5.74, 6) is 0. The Kier molecular flexibility index (Phi) is 2.85. The van der Waals surface area contributed by atoms with Gasteiger partial charge in [0.05, 0.1) is 0 Å². The molecule has 0 bridgehead atoms. The molecule has 2 aromatic rings. The molecule has 0 saturated carbocycles. The maximum atomic E-state index is 8.83. The molecule has 0 N–H and O–H groups in total. The Hall–Kier alpha value is -1.18. The molecular formula is C11H7BrN2S. The Balaban J connectivity index is 2.56. The van der Waals surface area contributed by atoms with Crippen molar-refractivity contribution in [1.82, 2.24) is 4.98 Å². The molecule has 1 aromatic heterocycles. The van der Waals surface area contributed by atoms with Crippen molar-refractivity contribution in [3.05, 3.63) is 39.3 Å². The summed E-state index contributed by atoms with van der Waals surface area (Å²) in [5.41, 5.74) is 1.55. The molecule has 0 fully saturated rings. The minimum absolute atomic E-state index is 0.519. The minimum atomic E-state index is 0.519. The van der Waals surface area contributed by atoms with Gasteiger partial charge in [-0.15, -0.1) is 11.3 Å². The third-order valence-corrected chi connectivity index (χ3v) is 3.70. The molecular weight excluding hydrogens is 272 g/mol. The number of hydrogen-bond acceptors (Lipinski definition) is 3. The lowest BCUT2D eigenvalue weighted by molar-refractivity contribution is 1.30. The van der Waals surface area contributed by atoms with E-state index in [-0.39, 0.29) is 0 Å². The fourth-order valence-electron chi connectivity index (χ4n) is 1.25. The molecule has 0 atom stereocenters. The maximum absolute atomic E-state index is 8.83. The van der Waals surface area contributed by atoms with Crippen molar-refractivity contribution in [2.75, 3.05) is 0 Å². The van der Waals surface area contributed by atoms with E-state index in [1.807, 2.05) is 31.2 Å². The SMILES string of the molecule is Cc1sc(-c2ccccc2Br)nc1C#N. The Morgan fingerprint density at radius 1 is 1.40 bits per heavy atom. The average molecular weight is 279 g/mol. The van der Waals surface area contributed by atoms with Crippen molar-refractivity contribution in [3.8, 4) is 16.6 Å². The summed E-state index contributed by atoms with van der Waals surface area (Å²) < 4.78 is 1.00. The highest BCUT2D eigenvalue weighted by Crippen LogP contribution is 2.32. The van der Waals surface area contributed by atoms with Gasteiger partial charge in [0, 0.05) is 14.9 Å². The number of hydrogen-bond donors (Lipinski definition) is 0. The van der Waals surface area contributed by atoms with Crippen molar-refractivity contribution < 1.29 is 0 Å². The molecule has 74 valence electrons. The molecule has 0 saturated heterocycles. The van der Waals surface area contributed by atoms with E-state index in [0.717, 1.165) is 19.9 Å². The number of aromatic nitrogens is 1. The monoisotopic (exact) mass is 278 g/mol. The second kappa shape index (κ2) is 4.13. The molecule has 1 aromatic carbocycles. The fourth-order valence-corrected chi connectivity index (χ4v) is 2.76. The van der Waals surface area contributed by atoms with E-state index in [1.165, 1.54) is 0 Å². The molecule has 2 rings (SSSR count). The Bertz CT molecular complexity index is 540. The molecule has 0 radical (unpaired) electrons. The smallest absolute Gasteiger partial charge is 0.155 e. The van der Waals surface area contributed by atoms with Gasteiger partial charge >= 0.3 is 0 Å². The molecule has 0 spiro atoms. The quantitative estimate of drug-likeness (QED) is 0.797. The third kappa shape index (κ3) is 1.94. The van der Waals surface area contributed by atoms with E-state index in [4.69, 9.17) is 5.26 Å². The zero-order chi connectivity index (χ0) is 10.8. The van der Waals surface area contributed by atoms with Crippen LogP contribution in [0.5, 0.6) is 0 Å². The van der Waals surface area contributed by atoms with Crippen molar-refractivity contribution in [3.63, 3.8) is 0 Å². The second-order valence-corrected chi connectivity index (χ2v) is 5.07. The standard InChI is InChI=1S/C11H7BrN2S/c1-7-10(6-13)14-11(15-7)8-4-2-3-5-9(8)12/h2-5H,1H3. The summed E-state index contributed by atoms with van der Waals surface area (Å²) >= 11 is 5.02. The van der Waals surface area contributed by atoms with Gasteiger partial charge in [0.1, 0.15) is 11.1 Å². The van der Waals surface area contributed by atoms with Crippen molar-refractivity contribution >= 4 is 27.3 Å². The minimum Gasteiger partial charge on any atom is -0.225 e. The molecule has 4 heteroatoms. The van der Waals surface area contributed by atoms with Crippen LogP contribution in [0.3, 0.4) is 0 Å². The van der Waals surface area contributed by atoms with E-state index >= 15 is 0 Å². The summed E-state index contributed by atoms with van der Waals surface area (Å²) in [4.78, 5) is 5.25. The summed E-state index contributed by atoms with van der Waals surface area (Å²) in [5, 5.41) is 9.72. The largest absolute Gasteiger partial charge is 0.225 e. The van der Waals surface area contributed by atoms with E-state index in [9.17, 15) is 0 Å². The Labute approximate surface area is 100 Å². The average Bonchev–Trinajstić information content (AvgIpc) is 2.60. The van der Waals surface area contributed by atoms with Crippen LogP contribution in [0.25, 0.3) is 10.6 Å². The van der Waals surface area contributed by atoms with Gasteiger partial charge in [0.15, 0.2) is 5.69 Å². The van der Waals surface area contributed by atoms with Crippen LogP contribution in [-0.2, 0) is 0 Å². The highest BCUT2D eigenvalue weighted by atomic mass is 79.9. The zero-order valence-corrected chi connectivity index (χ0v) is 10.4. The van der Waals surface area contributed by atoms with Gasteiger partial charge in [-0.1, -0.05) is 34.1 Å². The lowest BCUT2D eigenvalue weighted by atomic mass is 10.2. The first kappa shape index (κ1) is 10.3. The number of nitriles is 1. The Morgan fingerprint density at radius 2 is 2.13 bits per heavy atom. The van der Waals surface area contributed by atoms with Gasteiger partial charge in [0.2, 0.25) is 0 Å². The zero-order valence-electron chi connectivity index (χ0n) is 7.99. The van der Waals surface area contributed by atoms with Crippen LogP contribution < -0.4 is 0 Å². The van der Waals surface area contributed by atoms with Gasteiger partial charge in [-0.05, 0) is 13.0 Å². The number of rotatable bonds is 1. The Morgan fingerprint density at radius 3 is 2.73 bits per heavy atom. The van der Waals surface area contributed by atoms with Crippen molar-refractivity contribution in [2.45, 2.75) is 6.92 Å². The topological polar surface area (TPSA) is 36.7 Å². The van der Waals surface area contributed by atoms with E-state index in [0.29, 0.717) is 5.69 Å². The van der Waals surface area contributed by atoms with Crippen LogP contribution in [0.1, 0.15) is 10.6 Å². The highest BCUT2D eigenvalue weighted by molar-refractivity contribution is 9.10. The molecule has 0 aliphatic heterocycles. The van der Waals surface area contributed by atoms with Crippen LogP contribution in [0.15, 0.2) is 28.7 Å². The van der Waals surface area contributed by atoms with Gasteiger partial charge < -0.3 is 0 Å². The lowest BCUT2D eigenvalue weighted by Gasteiger charge is -1.97. The molecule has 2 nitrogen and oxygen atoms in total. The molecule has 0 aliphatic rings.